The molecule has 0 spiro atoms. The normalized spacial score (nSPS) is 18.0. The van der Waals surface area contributed by atoms with E-state index >= 15 is 0 Å². The highest BCUT2D eigenvalue weighted by Crippen LogP contribution is 2.35. The number of rotatable bonds is 4. The summed E-state index contributed by atoms with van der Waals surface area (Å²) in [6.45, 7) is 0. The van der Waals surface area contributed by atoms with E-state index in [1.165, 1.54) is 34.8 Å². The van der Waals surface area contributed by atoms with Crippen molar-refractivity contribution in [2.75, 3.05) is 7.05 Å². The molecule has 0 saturated carbocycles. The second-order valence-corrected chi connectivity index (χ2v) is 7.05. The molecule has 0 saturated heterocycles. The molecule has 1 heterocycles. The predicted octanol–water partition coefficient (Wildman–Crippen LogP) is 4.17. The fourth-order valence-corrected chi connectivity index (χ4v) is 4.62. The average molecular weight is 308 g/mol. The molecule has 0 fully saturated rings. The smallest absolute Gasteiger partial charge is 0.136 e. The zero-order valence-corrected chi connectivity index (χ0v) is 13.0. The molecule has 3 rings (SSSR count). The second-order valence-electron chi connectivity index (χ2n) is 4.87. The summed E-state index contributed by atoms with van der Waals surface area (Å²) in [5.74, 6) is 0.599. The summed E-state index contributed by atoms with van der Waals surface area (Å²) >= 11 is 3.31. The second kappa shape index (κ2) is 6.24. The summed E-state index contributed by atoms with van der Waals surface area (Å²) in [5, 5.41) is 4.44. The van der Waals surface area contributed by atoms with E-state index in [9.17, 15) is 4.39 Å². The molecule has 5 heteroatoms. The molecule has 1 aliphatic carbocycles. The summed E-state index contributed by atoms with van der Waals surface area (Å²) in [4.78, 5) is 6.86. The lowest BCUT2D eigenvalue weighted by Gasteiger charge is -2.19. The Balaban J connectivity index is 1.73. The third kappa shape index (κ3) is 2.90. The first kappa shape index (κ1) is 14.0. The Morgan fingerprint density at radius 1 is 1.45 bits per heavy atom. The number of hydrogen-bond acceptors (Lipinski definition) is 4. The Kier molecular flexibility index (Phi) is 4.38. The number of thiazole rings is 1. The van der Waals surface area contributed by atoms with Crippen molar-refractivity contribution in [3.63, 3.8) is 0 Å². The lowest BCUT2D eigenvalue weighted by Crippen LogP contribution is -2.21. The highest BCUT2D eigenvalue weighted by atomic mass is 32.2. The topological polar surface area (TPSA) is 24.9 Å². The molecule has 0 aliphatic heterocycles. The molecule has 1 atom stereocenters. The lowest BCUT2D eigenvalue weighted by atomic mass is 9.98. The van der Waals surface area contributed by atoms with Crippen molar-refractivity contribution in [1.82, 2.24) is 10.3 Å². The number of hydrogen-bond donors (Lipinski definition) is 1. The fraction of sp³-hybridized carbons (Fsp3) is 0.400. The van der Waals surface area contributed by atoms with Crippen LogP contribution >= 0.6 is 23.1 Å². The van der Waals surface area contributed by atoms with Crippen LogP contribution in [-0.2, 0) is 12.2 Å². The van der Waals surface area contributed by atoms with Crippen LogP contribution in [0, 0.1) is 5.82 Å². The minimum absolute atomic E-state index is 0.146. The molecule has 1 aromatic carbocycles. The molecule has 2 aromatic rings. The molecule has 0 bridgehead atoms. The van der Waals surface area contributed by atoms with Gasteiger partial charge in [-0.2, -0.15) is 0 Å². The van der Waals surface area contributed by atoms with Gasteiger partial charge in [-0.3, -0.25) is 0 Å². The van der Waals surface area contributed by atoms with Gasteiger partial charge in [-0.15, -0.1) is 23.1 Å². The van der Waals surface area contributed by atoms with Crippen molar-refractivity contribution in [2.24, 2.45) is 0 Å². The van der Waals surface area contributed by atoms with Crippen LogP contribution in [0.4, 0.5) is 4.39 Å². The number of fused-ring (bicyclic) bond motifs is 1. The SMILES string of the molecule is CNC1CCCc2sc(CSc3ccccc3F)nc21. The maximum absolute atomic E-state index is 13.6. The summed E-state index contributed by atoms with van der Waals surface area (Å²) in [5.41, 5.74) is 1.22. The monoisotopic (exact) mass is 308 g/mol. The first-order valence-corrected chi connectivity index (χ1v) is 8.61. The van der Waals surface area contributed by atoms with Gasteiger partial charge in [0.15, 0.2) is 0 Å². The van der Waals surface area contributed by atoms with E-state index in [1.54, 1.807) is 17.4 Å². The quantitative estimate of drug-likeness (QED) is 0.858. The third-order valence-electron chi connectivity index (χ3n) is 3.53. The van der Waals surface area contributed by atoms with Crippen molar-refractivity contribution in [3.8, 4) is 0 Å². The number of nitrogens with zero attached hydrogens (tertiary/aromatic N) is 1. The van der Waals surface area contributed by atoms with Crippen LogP contribution in [0.3, 0.4) is 0 Å². The van der Waals surface area contributed by atoms with Crippen LogP contribution in [0.25, 0.3) is 0 Å². The number of aromatic nitrogens is 1. The van der Waals surface area contributed by atoms with E-state index in [-0.39, 0.29) is 5.82 Å². The van der Waals surface area contributed by atoms with E-state index < -0.39 is 0 Å². The van der Waals surface area contributed by atoms with Crippen LogP contribution in [-0.4, -0.2) is 12.0 Å². The van der Waals surface area contributed by atoms with Gasteiger partial charge in [-0.25, -0.2) is 9.37 Å². The van der Waals surface area contributed by atoms with Gasteiger partial charge in [0.05, 0.1) is 17.5 Å². The van der Waals surface area contributed by atoms with E-state index in [2.05, 4.69) is 5.32 Å². The molecule has 1 unspecified atom stereocenters. The summed E-state index contributed by atoms with van der Waals surface area (Å²) < 4.78 is 13.6. The number of benzene rings is 1. The Labute approximate surface area is 126 Å². The summed E-state index contributed by atoms with van der Waals surface area (Å²) in [6.07, 6.45) is 3.52. The van der Waals surface area contributed by atoms with Gasteiger partial charge in [0.1, 0.15) is 10.8 Å². The van der Waals surface area contributed by atoms with Crippen LogP contribution in [0.5, 0.6) is 0 Å². The van der Waals surface area contributed by atoms with Crippen molar-refractivity contribution in [1.29, 1.82) is 0 Å². The average Bonchev–Trinajstić information content (AvgIpc) is 2.89. The predicted molar refractivity (Wildman–Crippen MR) is 82.8 cm³/mol. The number of nitrogens with one attached hydrogen (secondary N) is 1. The van der Waals surface area contributed by atoms with Crippen molar-refractivity contribution in [3.05, 3.63) is 45.7 Å². The van der Waals surface area contributed by atoms with Gasteiger partial charge in [0, 0.05) is 9.77 Å². The van der Waals surface area contributed by atoms with Gasteiger partial charge >= 0.3 is 0 Å². The zero-order chi connectivity index (χ0) is 13.9. The molecule has 2 nitrogen and oxygen atoms in total. The van der Waals surface area contributed by atoms with Crippen LogP contribution < -0.4 is 5.32 Å². The highest BCUT2D eigenvalue weighted by Gasteiger charge is 2.23. The van der Waals surface area contributed by atoms with Gasteiger partial charge in [0.25, 0.3) is 0 Å². The number of aryl methyl sites for hydroxylation is 1. The van der Waals surface area contributed by atoms with Gasteiger partial charge in [-0.05, 0) is 38.4 Å². The Hall–Kier alpha value is -0.910. The maximum atomic E-state index is 13.6. The van der Waals surface area contributed by atoms with Crippen LogP contribution in [0.15, 0.2) is 29.2 Å². The van der Waals surface area contributed by atoms with Crippen molar-refractivity contribution in [2.45, 2.75) is 36.0 Å². The van der Waals surface area contributed by atoms with Crippen LogP contribution in [0.2, 0.25) is 0 Å². The van der Waals surface area contributed by atoms with Crippen molar-refractivity contribution < 1.29 is 4.39 Å². The highest BCUT2D eigenvalue weighted by molar-refractivity contribution is 7.98. The largest absolute Gasteiger partial charge is 0.312 e. The molecule has 106 valence electrons. The zero-order valence-electron chi connectivity index (χ0n) is 11.4. The van der Waals surface area contributed by atoms with Crippen LogP contribution in [0.1, 0.15) is 34.5 Å². The first-order valence-electron chi connectivity index (χ1n) is 6.81. The number of halogens is 1. The molecule has 20 heavy (non-hydrogen) atoms. The summed E-state index contributed by atoms with van der Waals surface area (Å²) in [6, 6.07) is 7.31. The molecule has 0 radical (unpaired) electrons. The molecule has 1 aromatic heterocycles. The van der Waals surface area contributed by atoms with E-state index in [0.29, 0.717) is 10.9 Å². The summed E-state index contributed by atoms with van der Waals surface area (Å²) in [7, 11) is 1.99. The van der Waals surface area contributed by atoms with Crippen molar-refractivity contribution >= 4 is 23.1 Å². The molecule has 1 aliphatic rings. The Morgan fingerprint density at radius 3 is 3.10 bits per heavy atom. The van der Waals surface area contributed by atoms with E-state index in [0.717, 1.165) is 23.6 Å². The van der Waals surface area contributed by atoms with Gasteiger partial charge in [-0.1, -0.05) is 12.1 Å². The van der Waals surface area contributed by atoms with Gasteiger partial charge in [0.2, 0.25) is 0 Å². The standard InChI is InChI=1S/C15H17FN2S2/c1-17-11-6-4-8-13-15(11)18-14(20-13)9-19-12-7-3-2-5-10(12)16/h2-3,5,7,11,17H,4,6,8-9H2,1H3. The van der Waals surface area contributed by atoms with E-state index in [1.807, 2.05) is 19.2 Å². The molecule has 1 N–H and O–H groups in total. The molecule has 0 amide bonds. The van der Waals surface area contributed by atoms with E-state index in [4.69, 9.17) is 4.98 Å². The molecular weight excluding hydrogens is 291 g/mol. The molecular formula is C15H17FN2S2. The third-order valence-corrected chi connectivity index (χ3v) is 5.91. The minimum Gasteiger partial charge on any atom is -0.312 e. The number of thioether (sulfide) groups is 1. The maximum Gasteiger partial charge on any atom is 0.136 e. The minimum atomic E-state index is -0.146. The fourth-order valence-electron chi connectivity index (χ4n) is 2.51. The lowest BCUT2D eigenvalue weighted by molar-refractivity contribution is 0.489. The Bertz CT molecular complexity index is 597. The van der Waals surface area contributed by atoms with Gasteiger partial charge < -0.3 is 5.32 Å². The Morgan fingerprint density at radius 2 is 2.30 bits per heavy atom. The first-order chi connectivity index (χ1) is 9.78.